The van der Waals surface area contributed by atoms with Crippen molar-refractivity contribution >= 4 is 23.7 Å². The van der Waals surface area contributed by atoms with E-state index in [1.165, 1.54) is 12.0 Å². The van der Waals surface area contributed by atoms with Crippen molar-refractivity contribution in [3.05, 3.63) is 29.3 Å². The normalized spacial score (nSPS) is 30.0. The van der Waals surface area contributed by atoms with Crippen molar-refractivity contribution in [2.45, 2.75) is 55.3 Å². The number of fused-ring (bicyclic) bond motifs is 1. The molecule has 3 unspecified atom stereocenters. The first-order valence-electron chi connectivity index (χ1n) is 12.4. The van der Waals surface area contributed by atoms with E-state index in [4.69, 9.17) is 20.9 Å². The minimum Gasteiger partial charge on any atom is -0.492 e. The molecule has 14 heteroatoms. The maximum atomic E-state index is 13.5. The van der Waals surface area contributed by atoms with E-state index in [-0.39, 0.29) is 42.9 Å². The summed E-state index contributed by atoms with van der Waals surface area (Å²) in [4.78, 5) is 35.7. The van der Waals surface area contributed by atoms with Gasteiger partial charge in [0.05, 0.1) is 18.2 Å². The van der Waals surface area contributed by atoms with Crippen molar-refractivity contribution in [3.8, 4) is 5.75 Å². The summed E-state index contributed by atoms with van der Waals surface area (Å²) in [5.41, 5.74) is 11.6. The third kappa shape index (κ3) is 3.82. The Hall–Kier alpha value is -3.62. The molecular weight excluding hydrogens is 496 g/mol. The van der Waals surface area contributed by atoms with Crippen LogP contribution in [0.2, 0.25) is 0 Å². The van der Waals surface area contributed by atoms with Gasteiger partial charge in [-0.1, -0.05) is 26.0 Å². The Bertz CT molecular complexity index is 1220. The molecule has 4 aliphatic rings. The van der Waals surface area contributed by atoms with Crippen molar-refractivity contribution in [3.63, 3.8) is 0 Å². The highest BCUT2D eigenvalue weighted by Gasteiger charge is 2.73. The van der Waals surface area contributed by atoms with Crippen molar-refractivity contribution < 1.29 is 29.3 Å². The zero-order chi connectivity index (χ0) is 27.5. The fourth-order valence-corrected chi connectivity index (χ4v) is 5.84. The molecule has 4 atom stereocenters. The Morgan fingerprint density at radius 1 is 1.29 bits per heavy atom. The number of hydrogen-bond donors (Lipinski definition) is 7. The van der Waals surface area contributed by atoms with Gasteiger partial charge in [-0.05, 0) is 17.9 Å². The van der Waals surface area contributed by atoms with Gasteiger partial charge in [0.2, 0.25) is 11.7 Å². The summed E-state index contributed by atoms with van der Waals surface area (Å²) >= 11 is 0. The molecule has 2 amide bonds. The van der Waals surface area contributed by atoms with Gasteiger partial charge in [0.15, 0.2) is 17.6 Å². The largest absolute Gasteiger partial charge is 0.492 e. The van der Waals surface area contributed by atoms with Gasteiger partial charge >= 0.3 is 0 Å². The number of nitrogens with two attached hydrogens (primary N) is 2. The van der Waals surface area contributed by atoms with Crippen LogP contribution in [0.3, 0.4) is 0 Å². The summed E-state index contributed by atoms with van der Waals surface area (Å²) in [6.07, 6.45) is 0.807. The molecule has 4 heterocycles. The quantitative estimate of drug-likeness (QED) is 0.189. The SMILES string of the molecule is COCC(=O)NCC1N=C(N)N2CC(NC(=O)c3cccc4c3OCCC4(C)C)C(O)(O)[C@@]23NC(N)=NC13. The second-order valence-corrected chi connectivity index (χ2v) is 10.7. The maximum Gasteiger partial charge on any atom is 0.255 e. The fraction of sp³-hybridized carbons (Fsp3) is 0.583. The number of methoxy groups -OCH3 is 1. The lowest BCUT2D eigenvalue weighted by molar-refractivity contribution is -0.230. The third-order valence-corrected chi connectivity index (χ3v) is 7.85. The van der Waals surface area contributed by atoms with Crippen LogP contribution in [0.1, 0.15) is 36.2 Å². The summed E-state index contributed by atoms with van der Waals surface area (Å²) < 4.78 is 10.7. The molecule has 1 saturated heterocycles. The number of para-hydroxylation sites is 1. The fourth-order valence-electron chi connectivity index (χ4n) is 5.84. The predicted molar refractivity (Wildman–Crippen MR) is 136 cm³/mol. The van der Waals surface area contributed by atoms with Crippen molar-refractivity contribution in [1.82, 2.24) is 20.9 Å². The summed E-state index contributed by atoms with van der Waals surface area (Å²) in [6.45, 7) is 4.39. The number of aliphatic hydroxyl groups is 2. The monoisotopic (exact) mass is 530 g/mol. The number of nitrogens with one attached hydrogen (secondary N) is 3. The highest BCUT2D eigenvalue weighted by atomic mass is 16.5. The van der Waals surface area contributed by atoms with Gasteiger partial charge in [-0.2, -0.15) is 0 Å². The lowest BCUT2D eigenvalue weighted by atomic mass is 9.79. The van der Waals surface area contributed by atoms with E-state index in [2.05, 4.69) is 39.8 Å². The molecule has 0 aliphatic carbocycles. The molecule has 4 aliphatic heterocycles. The number of carbonyl (C=O) groups is 2. The van der Waals surface area contributed by atoms with Crippen LogP contribution in [0.25, 0.3) is 0 Å². The van der Waals surface area contributed by atoms with Crippen LogP contribution in [0.5, 0.6) is 5.75 Å². The number of rotatable bonds is 6. The van der Waals surface area contributed by atoms with Crippen LogP contribution in [0.4, 0.5) is 0 Å². The molecule has 1 aromatic carbocycles. The topological polar surface area (TPSA) is 209 Å². The molecule has 0 radical (unpaired) electrons. The second kappa shape index (κ2) is 8.99. The van der Waals surface area contributed by atoms with E-state index < -0.39 is 35.5 Å². The number of nitrogens with zero attached hydrogens (tertiary/aromatic N) is 3. The van der Waals surface area contributed by atoms with Gasteiger partial charge in [-0.25, -0.2) is 9.98 Å². The summed E-state index contributed by atoms with van der Waals surface area (Å²) in [5.74, 6) is -3.10. The molecule has 1 spiro atoms. The van der Waals surface area contributed by atoms with E-state index in [1.807, 2.05) is 6.07 Å². The van der Waals surface area contributed by atoms with Crippen molar-refractivity contribution in [1.29, 1.82) is 0 Å². The zero-order valence-corrected chi connectivity index (χ0v) is 21.5. The number of benzene rings is 1. The smallest absolute Gasteiger partial charge is 0.255 e. The number of guanidine groups is 2. The Labute approximate surface area is 219 Å². The Morgan fingerprint density at radius 2 is 2.05 bits per heavy atom. The molecule has 38 heavy (non-hydrogen) atoms. The lowest BCUT2D eigenvalue weighted by Gasteiger charge is -2.49. The van der Waals surface area contributed by atoms with Gasteiger partial charge in [0.1, 0.15) is 24.4 Å². The van der Waals surface area contributed by atoms with E-state index in [0.717, 1.165) is 12.0 Å². The average molecular weight is 531 g/mol. The minimum absolute atomic E-state index is 0.00199. The van der Waals surface area contributed by atoms with E-state index in [9.17, 15) is 19.8 Å². The molecule has 0 aromatic heterocycles. The summed E-state index contributed by atoms with van der Waals surface area (Å²) in [7, 11) is 1.40. The maximum absolute atomic E-state index is 13.5. The molecular formula is C24H34N8O6. The first-order chi connectivity index (χ1) is 17.9. The summed E-state index contributed by atoms with van der Waals surface area (Å²) in [6, 6.07) is 2.42. The summed E-state index contributed by atoms with van der Waals surface area (Å²) in [5, 5.41) is 31.5. The second-order valence-electron chi connectivity index (χ2n) is 10.7. The number of amides is 2. The lowest BCUT2D eigenvalue weighted by Crippen LogP contribution is -2.78. The van der Waals surface area contributed by atoms with E-state index >= 15 is 0 Å². The van der Waals surface area contributed by atoms with Gasteiger partial charge < -0.3 is 52.0 Å². The number of aliphatic imine (C=N–C) groups is 2. The molecule has 9 N–H and O–H groups in total. The molecule has 0 bridgehead atoms. The first-order valence-corrected chi connectivity index (χ1v) is 12.4. The number of hydrogen-bond acceptors (Lipinski definition) is 12. The van der Waals surface area contributed by atoms with Crippen LogP contribution < -0.4 is 32.2 Å². The molecule has 5 rings (SSSR count). The standard InChI is InChI=1S/C24H34N8O6/c1-22(2)7-8-38-17-12(5-4-6-13(17)22)19(34)29-15-10-32-21(26)28-14(9-27-16(33)11-37-3)18-23(32,24(15,35)36)31-20(25)30-18/h4-6,14-15,18,35-36H,7-11H2,1-3H3,(H2,26,28)(H,27,33)(H,29,34)(H3,25,30,31)/t14?,15?,18?,23-/m0/s1. The van der Waals surface area contributed by atoms with E-state index in [1.54, 1.807) is 12.1 Å². The zero-order valence-electron chi connectivity index (χ0n) is 21.5. The highest BCUT2D eigenvalue weighted by molar-refractivity contribution is 5.98. The number of ether oxygens (including phenoxy) is 2. The van der Waals surface area contributed by atoms with Gasteiger partial charge in [0, 0.05) is 25.8 Å². The van der Waals surface area contributed by atoms with Crippen LogP contribution in [0, 0.1) is 0 Å². The third-order valence-electron chi connectivity index (χ3n) is 7.85. The first kappa shape index (κ1) is 26.0. The molecule has 1 fully saturated rings. The molecule has 1 aromatic rings. The molecule has 206 valence electrons. The average Bonchev–Trinajstić information content (AvgIpc) is 3.32. The van der Waals surface area contributed by atoms with Crippen LogP contribution in [-0.4, -0.2) is 102 Å². The molecule has 14 nitrogen and oxygen atoms in total. The van der Waals surface area contributed by atoms with Crippen molar-refractivity contribution in [2.75, 3.05) is 33.4 Å². The number of carbonyl (C=O) groups excluding carboxylic acids is 2. The Morgan fingerprint density at radius 3 is 2.79 bits per heavy atom. The Balaban J connectivity index is 1.43. The Kier molecular flexibility index (Phi) is 6.16. The minimum atomic E-state index is -2.59. The van der Waals surface area contributed by atoms with Crippen LogP contribution in [0.15, 0.2) is 28.2 Å². The molecule has 0 saturated carbocycles. The predicted octanol–water partition coefficient (Wildman–Crippen LogP) is -2.72. The van der Waals surface area contributed by atoms with Gasteiger partial charge in [0.25, 0.3) is 5.91 Å². The van der Waals surface area contributed by atoms with E-state index in [0.29, 0.717) is 17.9 Å². The van der Waals surface area contributed by atoms with Crippen LogP contribution in [-0.2, 0) is 14.9 Å². The highest BCUT2D eigenvalue weighted by Crippen LogP contribution is 2.45. The van der Waals surface area contributed by atoms with Crippen LogP contribution >= 0.6 is 0 Å². The van der Waals surface area contributed by atoms with Gasteiger partial charge in [-0.15, -0.1) is 0 Å². The van der Waals surface area contributed by atoms with Gasteiger partial charge in [-0.3, -0.25) is 9.59 Å². The van der Waals surface area contributed by atoms with Crippen molar-refractivity contribution in [2.24, 2.45) is 21.5 Å².